The summed E-state index contributed by atoms with van der Waals surface area (Å²) in [5.74, 6) is -1.10. The standard InChI is InChI=1S/C26H24N2O6/c29-24(28-17-6-5-7-18(14-17)33-16-25(30)31)12-13-27-26(32)34-15-23-21-10-3-1-8-19(21)20-9-2-4-11-22(20)23/h1-11,14,23H,12-13,15-16H2,(H,27,32)(H,28,29)(H,30,31). The highest BCUT2D eigenvalue weighted by Gasteiger charge is 2.28. The van der Waals surface area contributed by atoms with E-state index in [1.165, 1.54) is 6.07 Å². The Bertz CT molecular complexity index is 1160. The van der Waals surface area contributed by atoms with Crippen molar-refractivity contribution in [2.24, 2.45) is 0 Å². The number of carbonyl (C=O) groups is 3. The van der Waals surface area contributed by atoms with Gasteiger partial charge in [-0.15, -0.1) is 0 Å². The number of carbonyl (C=O) groups excluding carboxylic acids is 2. The third-order valence-corrected chi connectivity index (χ3v) is 5.45. The molecule has 0 fully saturated rings. The maximum Gasteiger partial charge on any atom is 0.407 e. The van der Waals surface area contributed by atoms with E-state index in [0.717, 1.165) is 22.3 Å². The fraction of sp³-hybridized carbons (Fsp3) is 0.192. The predicted octanol–water partition coefficient (Wildman–Crippen LogP) is 4.02. The summed E-state index contributed by atoms with van der Waals surface area (Å²) in [5.41, 5.74) is 5.03. The fourth-order valence-corrected chi connectivity index (χ4v) is 3.96. The van der Waals surface area contributed by atoms with E-state index in [4.69, 9.17) is 14.6 Å². The fourth-order valence-electron chi connectivity index (χ4n) is 3.96. The van der Waals surface area contributed by atoms with Crippen molar-refractivity contribution >= 4 is 23.7 Å². The Hall–Kier alpha value is -4.33. The summed E-state index contributed by atoms with van der Waals surface area (Å²) in [6.07, 6.45) is -0.538. The summed E-state index contributed by atoms with van der Waals surface area (Å²) in [5, 5.41) is 14.0. The molecule has 3 aromatic rings. The summed E-state index contributed by atoms with van der Waals surface area (Å²) < 4.78 is 10.5. The molecule has 4 rings (SSSR count). The average molecular weight is 460 g/mol. The van der Waals surface area contributed by atoms with Gasteiger partial charge in [-0.3, -0.25) is 4.79 Å². The van der Waals surface area contributed by atoms with Gasteiger partial charge in [-0.2, -0.15) is 0 Å². The molecule has 0 radical (unpaired) electrons. The van der Waals surface area contributed by atoms with Crippen LogP contribution in [0.3, 0.4) is 0 Å². The normalized spacial score (nSPS) is 11.8. The molecule has 0 spiro atoms. The lowest BCUT2D eigenvalue weighted by Crippen LogP contribution is -2.29. The number of ether oxygens (including phenoxy) is 2. The van der Waals surface area contributed by atoms with Crippen LogP contribution in [0.4, 0.5) is 10.5 Å². The monoisotopic (exact) mass is 460 g/mol. The Labute approximate surface area is 196 Å². The minimum Gasteiger partial charge on any atom is -0.482 e. The number of benzene rings is 3. The summed E-state index contributed by atoms with van der Waals surface area (Å²) in [4.78, 5) is 35.0. The molecule has 1 aliphatic carbocycles. The number of fused-ring (bicyclic) bond motifs is 3. The number of amides is 2. The number of anilines is 1. The van der Waals surface area contributed by atoms with Crippen molar-refractivity contribution in [3.63, 3.8) is 0 Å². The summed E-state index contributed by atoms with van der Waals surface area (Å²) >= 11 is 0. The average Bonchev–Trinajstić information content (AvgIpc) is 3.15. The first-order valence-electron chi connectivity index (χ1n) is 10.8. The van der Waals surface area contributed by atoms with E-state index in [2.05, 4.69) is 22.8 Å². The minimum atomic E-state index is -1.09. The number of nitrogens with one attached hydrogen (secondary N) is 2. The van der Waals surface area contributed by atoms with Gasteiger partial charge in [0, 0.05) is 30.6 Å². The number of carboxylic acid groups (broad SMARTS) is 1. The number of rotatable bonds is 9. The SMILES string of the molecule is O=C(O)COc1cccc(NC(=O)CCNC(=O)OCC2c3ccccc3-c3ccccc32)c1. The Morgan fingerprint density at radius 1 is 0.882 bits per heavy atom. The van der Waals surface area contributed by atoms with E-state index in [-0.39, 0.29) is 31.4 Å². The van der Waals surface area contributed by atoms with Crippen LogP contribution < -0.4 is 15.4 Å². The number of alkyl carbamates (subject to hydrolysis) is 1. The highest BCUT2D eigenvalue weighted by atomic mass is 16.5. The van der Waals surface area contributed by atoms with Gasteiger partial charge in [0.2, 0.25) is 5.91 Å². The second-order valence-electron chi connectivity index (χ2n) is 7.76. The van der Waals surface area contributed by atoms with E-state index in [1.807, 2.05) is 36.4 Å². The molecule has 174 valence electrons. The summed E-state index contributed by atoms with van der Waals surface area (Å²) in [6.45, 7) is -0.158. The molecule has 0 aliphatic heterocycles. The molecular formula is C26H24N2O6. The van der Waals surface area contributed by atoms with E-state index in [9.17, 15) is 14.4 Å². The zero-order chi connectivity index (χ0) is 23.9. The highest BCUT2D eigenvalue weighted by Crippen LogP contribution is 2.44. The molecular weight excluding hydrogens is 436 g/mol. The molecule has 8 heteroatoms. The summed E-state index contributed by atoms with van der Waals surface area (Å²) in [6, 6.07) is 22.6. The van der Waals surface area contributed by atoms with E-state index < -0.39 is 18.7 Å². The van der Waals surface area contributed by atoms with Gasteiger partial charge in [-0.05, 0) is 34.4 Å². The van der Waals surface area contributed by atoms with Gasteiger partial charge < -0.3 is 25.2 Å². The molecule has 34 heavy (non-hydrogen) atoms. The molecule has 1 aliphatic rings. The number of aliphatic carboxylic acids is 1. The van der Waals surface area contributed by atoms with Crippen LogP contribution in [0.25, 0.3) is 11.1 Å². The van der Waals surface area contributed by atoms with Crippen LogP contribution in [0.1, 0.15) is 23.5 Å². The third-order valence-electron chi connectivity index (χ3n) is 5.45. The molecule has 0 atom stereocenters. The Balaban J connectivity index is 1.23. The first kappa shape index (κ1) is 22.8. The van der Waals surface area contributed by atoms with Gasteiger partial charge in [0.15, 0.2) is 6.61 Å². The number of hydrogen-bond donors (Lipinski definition) is 3. The second kappa shape index (κ2) is 10.5. The molecule has 3 aromatic carbocycles. The number of carboxylic acids is 1. The predicted molar refractivity (Wildman–Crippen MR) is 126 cm³/mol. The van der Waals surface area contributed by atoms with E-state index in [1.54, 1.807) is 18.2 Å². The van der Waals surface area contributed by atoms with Crippen LogP contribution in [0.15, 0.2) is 72.8 Å². The van der Waals surface area contributed by atoms with Gasteiger partial charge in [-0.1, -0.05) is 54.6 Å². The Kier molecular flexibility index (Phi) is 7.07. The number of hydrogen-bond acceptors (Lipinski definition) is 5. The van der Waals surface area contributed by atoms with Crippen molar-refractivity contribution in [3.8, 4) is 16.9 Å². The minimum absolute atomic E-state index is 0.0305. The van der Waals surface area contributed by atoms with Crippen LogP contribution in [-0.4, -0.2) is 42.8 Å². The van der Waals surface area contributed by atoms with Crippen molar-refractivity contribution in [2.75, 3.05) is 25.1 Å². The van der Waals surface area contributed by atoms with Gasteiger partial charge >= 0.3 is 12.1 Å². The zero-order valence-electron chi connectivity index (χ0n) is 18.3. The highest BCUT2D eigenvalue weighted by molar-refractivity contribution is 5.91. The van der Waals surface area contributed by atoms with E-state index >= 15 is 0 Å². The van der Waals surface area contributed by atoms with E-state index in [0.29, 0.717) is 11.4 Å². The van der Waals surface area contributed by atoms with Crippen molar-refractivity contribution < 1.29 is 29.0 Å². The zero-order valence-corrected chi connectivity index (χ0v) is 18.3. The van der Waals surface area contributed by atoms with Crippen LogP contribution in [0, 0.1) is 0 Å². The third kappa shape index (κ3) is 5.53. The topological polar surface area (TPSA) is 114 Å². The molecule has 8 nitrogen and oxygen atoms in total. The van der Waals surface area contributed by atoms with Gasteiger partial charge in [-0.25, -0.2) is 9.59 Å². The quantitative estimate of drug-likeness (QED) is 0.445. The van der Waals surface area contributed by atoms with Crippen LogP contribution in [0.5, 0.6) is 5.75 Å². The first-order chi connectivity index (χ1) is 16.5. The summed E-state index contributed by atoms with van der Waals surface area (Å²) in [7, 11) is 0. The Morgan fingerprint density at radius 3 is 2.24 bits per heavy atom. The smallest absolute Gasteiger partial charge is 0.407 e. The van der Waals surface area contributed by atoms with Crippen molar-refractivity contribution in [1.29, 1.82) is 0 Å². The second-order valence-corrected chi connectivity index (χ2v) is 7.76. The largest absolute Gasteiger partial charge is 0.482 e. The van der Waals surface area contributed by atoms with Gasteiger partial charge in [0.05, 0.1) is 0 Å². The van der Waals surface area contributed by atoms with Crippen molar-refractivity contribution in [2.45, 2.75) is 12.3 Å². The molecule has 2 amide bonds. The molecule has 0 saturated heterocycles. The maximum atomic E-state index is 12.2. The lowest BCUT2D eigenvalue weighted by molar-refractivity contribution is -0.139. The van der Waals surface area contributed by atoms with Crippen molar-refractivity contribution in [3.05, 3.63) is 83.9 Å². The first-order valence-corrected chi connectivity index (χ1v) is 10.8. The molecule has 0 bridgehead atoms. The molecule has 0 aromatic heterocycles. The lowest BCUT2D eigenvalue weighted by atomic mass is 9.98. The van der Waals surface area contributed by atoms with Crippen molar-refractivity contribution in [1.82, 2.24) is 5.32 Å². The molecule has 3 N–H and O–H groups in total. The lowest BCUT2D eigenvalue weighted by Gasteiger charge is -2.14. The van der Waals surface area contributed by atoms with Crippen LogP contribution in [-0.2, 0) is 14.3 Å². The molecule has 0 heterocycles. The Morgan fingerprint density at radius 2 is 1.56 bits per heavy atom. The van der Waals surface area contributed by atoms with Crippen LogP contribution in [0.2, 0.25) is 0 Å². The maximum absolute atomic E-state index is 12.2. The van der Waals surface area contributed by atoms with Crippen LogP contribution >= 0.6 is 0 Å². The van der Waals surface area contributed by atoms with Gasteiger partial charge in [0.25, 0.3) is 0 Å². The molecule has 0 unspecified atom stereocenters. The van der Waals surface area contributed by atoms with Gasteiger partial charge in [0.1, 0.15) is 12.4 Å². The molecule has 0 saturated carbocycles.